The normalized spacial score (nSPS) is 23.1. The van der Waals surface area contributed by atoms with Crippen molar-refractivity contribution in [2.24, 2.45) is 5.92 Å². The summed E-state index contributed by atoms with van der Waals surface area (Å²) < 4.78 is 16.2. The first-order chi connectivity index (χ1) is 10.9. The molecule has 3 rings (SSSR count). The van der Waals surface area contributed by atoms with Crippen LogP contribution >= 0.6 is 0 Å². The van der Waals surface area contributed by atoms with Crippen molar-refractivity contribution >= 4 is 0 Å². The molecule has 2 unspecified atom stereocenters. The first-order valence-electron chi connectivity index (χ1n) is 8.05. The number of nitrogens with one attached hydrogen (secondary N) is 3. The number of benzene rings is 1. The van der Waals surface area contributed by atoms with Crippen molar-refractivity contribution in [1.29, 1.82) is 0 Å². The van der Waals surface area contributed by atoms with Crippen LogP contribution in [0.4, 0.5) is 0 Å². The summed E-state index contributed by atoms with van der Waals surface area (Å²) in [5, 5.41) is 3.52. The van der Waals surface area contributed by atoms with E-state index in [1.807, 2.05) is 13.0 Å². The third kappa shape index (κ3) is 3.70. The smallest absolute Gasteiger partial charge is 0.231 e. The monoisotopic (exact) mass is 307 g/mol. The lowest BCUT2D eigenvalue weighted by atomic mass is 9.94. The second kappa shape index (κ2) is 7.78. The summed E-state index contributed by atoms with van der Waals surface area (Å²) in [6, 6.07) is 6.47. The van der Waals surface area contributed by atoms with Crippen LogP contribution in [0.5, 0.6) is 11.5 Å². The fraction of sp³-hybridized carbons (Fsp3) is 0.625. The molecule has 1 aromatic rings. The van der Waals surface area contributed by atoms with Gasteiger partial charge in [-0.15, -0.1) is 0 Å². The Bertz CT molecular complexity index is 484. The third-order valence-corrected chi connectivity index (χ3v) is 4.10. The van der Waals surface area contributed by atoms with Crippen LogP contribution in [-0.4, -0.2) is 39.6 Å². The zero-order valence-electron chi connectivity index (χ0n) is 13.1. The maximum Gasteiger partial charge on any atom is 0.231 e. The number of hydrogen-bond donors (Lipinski definition) is 3. The van der Waals surface area contributed by atoms with Crippen LogP contribution in [0.2, 0.25) is 0 Å². The average molecular weight is 307 g/mol. The molecular formula is C16H25N3O3. The van der Waals surface area contributed by atoms with Gasteiger partial charge in [-0.1, -0.05) is 6.07 Å². The molecule has 1 fully saturated rings. The first kappa shape index (κ1) is 15.6. The quantitative estimate of drug-likeness (QED) is 0.627. The Morgan fingerprint density at radius 3 is 3.14 bits per heavy atom. The minimum atomic E-state index is 0.286. The van der Waals surface area contributed by atoms with E-state index in [0.717, 1.165) is 50.8 Å². The first-order valence-corrected chi connectivity index (χ1v) is 8.05. The number of ether oxygens (including phenoxy) is 3. The Hall–Kier alpha value is -1.34. The average Bonchev–Trinajstić information content (AvgIpc) is 3.18. The highest BCUT2D eigenvalue weighted by molar-refractivity contribution is 5.45. The van der Waals surface area contributed by atoms with E-state index in [4.69, 9.17) is 14.2 Å². The highest BCUT2D eigenvalue weighted by atomic mass is 16.7. The van der Waals surface area contributed by atoms with E-state index in [1.165, 1.54) is 5.56 Å². The van der Waals surface area contributed by atoms with E-state index in [1.54, 1.807) is 0 Å². The number of rotatable bonds is 8. The molecule has 2 aliphatic heterocycles. The molecule has 0 spiro atoms. The molecule has 3 N–H and O–H groups in total. The molecule has 2 atom stereocenters. The van der Waals surface area contributed by atoms with E-state index in [0.29, 0.717) is 12.7 Å². The van der Waals surface area contributed by atoms with Gasteiger partial charge >= 0.3 is 0 Å². The zero-order valence-corrected chi connectivity index (χ0v) is 13.1. The van der Waals surface area contributed by atoms with Gasteiger partial charge in [0.2, 0.25) is 6.79 Å². The molecule has 1 saturated heterocycles. The highest BCUT2D eigenvalue weighted by Crippen LogP contribution is 2.36. The summed E-state index contributed by atoms with van der Waals surface area (Å²) in [5.41, 5.74) is 7.86. The van der Waals surface area contributed by atoms with Gasteiger partial charge in [0.05, 0.1) is 6.04 Å². The SMILES string of the molecule is CCOCCCNCC1CNNC1c1ccc2c(c1)OCO2. The lowest BCUT2D eigenvalue weighted by Crippen LogP contribution is -2.29. The minimum Gasteiger partial charge on any atom is -0.454 e. The Labute approximate surface area is 131 Å². The van der Waals surface area contributed by atoms with Gasteiger partial charge in [-0.25, -0.2) is 5.43 Å². The molecule has 1 aromatic carbocycles. The summed E-state index contributed by atoms with van der Waals surface area (Å²) >= 11 is 0. The standard InChI is InChI=1S/C16H25N3O3/c1-2-20-7-3-6-17-9-13-10-18-19-16(13)12-4-5-14-15(8-12)22-11-21-14/h4-5,8,13,16-19H,2-3,6-7,9-11H2,1H3. The molecule has 0 aliphatic carbocycles. The summed E-state index contributed by atoms with van der Waals surface area (Å²) in [7, 11) is 0. The minimum absolute atomic E-state index is 0.286. The van der Waals surface area contributed by atoms with Gasteiger partial charge in [0.1, 0.15) is 0 Å². The molecule has 2 heterocycles. The summed E-state index contributed by atoms with van der Waals surface area (Å²) in [5.74, 6) is 2.18. The molecule has 0 bridgehead atoms. The van der Waals surface area contributed by atoms with Gasteiger partial charge in [-0.2, -0.15) is 0 Å². The summed E-state index contributed by atoms with van der Waals surface area (Å²) in [4.78, 5) is 0. The number of hydrazine groups is 1. The summed E-state index contributed by atoms with van der Waals surface area (Å²) in [6.45, 7) is 6.89. The largest absolute Gasteiger partial charge is 0.454 e. The van der Waals surface area contributed by atoms with E-state index >= 15 is 0 Å². The van der Waals surface area contributed by atoms with Crippen molar-refractivity contribution in [3.63, 3.8) is 0 Å². The van der Waals surface area contributed by atoms with Crippen molar-refractivity contribution in [3.05, 3.63) is 23.8 Å². The molecule has 0 radical (unpaired) electrons. The topological polar surface area (TPSA) is 63.8 Å². The maximum absolute atomic E-state index is 5.47. The van der Waals surface area contributed by atoms with Crippen LogP contribution in [0.25, 0.3) is 0 Å². The molecule has 22 heavy (non-hydrogen) atoms. The summed E-state index contributed by atoms with van der Waals surface area (Å²) in [6.07, 6.45) is 1.05. The van der Waals surface area contributed by atoms with Gasteiger partial charge in [0.15, 0.2) is 11.5 Å². The maximum atomic E-state index is 5.47. The van der Waals surface area contributed by atoms with Crippen LogP contribution in [0.15, 0.2) is 18.2 Å². The fourth-order valence-electron chi connectivity index (χ4n) is 2.92. The van der Waals surface area contributed by atoms with Crippen LogP contribution < -0.4 is 25.6 Å². The molecule has 6 nitrogen and oxygen atoms in total. The van der Waals surface area contributed by atoms with Crippen LogP contribution in [-0.2, 0) is 4.74 Å². The second-order valence-corrected chi connectivity index (χ2v) is 5.63. The van der Waals surface area contributed by atoms with Crippen molar-refractivity contribution in [2.75, 3.05) is 39.6 Å². The number of fused-ring (bicyclic) bond motifs is 1. The van der Waals surface area contributed by atoms with Crippen LogP contribution in [0, 0.1) is 5.92 Å². The molecular weight excluding hydrogens is 282 g/mol. The van der Waals surface area contributed by atoms with Crippen molar-refractivity contribution in [3.8, 4) is 11.5 Å². The fourth-order valence-corrected chi connectivity index (χ4v) is 2.92. The lowest BCUT2D eigenvalue weighted by Gasteiger charge is -2.19. The predicted molar refractivity (Wildman–Crippen MR) is 83.9 cm³/mol. The van der Waals surface area contributed by atoms with E-state index in [9.17, 15) is 0 Å². The second-order valence-electron chi connectivity index (χ2n) is 5.63. The molecule has 0 amide bonds. The van der Waals surface area contributed by atoms with Crippen LogP contribution in [0.1, 0.15) is 24.9 Å². The Morgan fingerprint density at radius 1 is 1.32 bits per heavy atom. The van der Waals surface area contributed by atoms with Crippen LogP contribution in [0.3, 0.4) is 0 Å². The van der Waals surface area contributed by atoms with Crippen molar-refractivity contribution in [2.45, 2.75) is 19.4 Å². The Kier molecular flexibility index (Phi) is 5.50. The third-order valence-electron chi connectivity index (χ3n) is 4.10. The van der Waals surface area contributed by atoms with E-state index < -0.39 is 0 Å². The Balaban J connectivity index is 1.50. The van der Waals surface area contributed by atoms with Gasteiger partial charge in [-0.3, -0.25) is 5.43 Å². The van der Waals surface area contributed by atoms with Crippen molar-refractivity contribution < 1.29 is 14.2 Å². The zero-order chi connectivity index (χ0) is 15.2. The molecule has 2 aliphatic rings. The molecule has 122 valence electrons. The lowest BCUT2D eigenvalue weighted by molar-refractivity contribution is 0.144. The van der Waals surface area contributed by atoms with Gasteiger partial charge in [0, 0.05) is 32.2 Å². The molecule has 6 heteroatoms. The van der Waals surface area contributed by atoms with Gasteiger partial charge in [-0.05, 0) is 37.6 Å². The van der Waals surface area contributed by atoms with E-state index in [-0.39, 0.29) is 6.04 Å². The number of hydrogen-bond acceptors (Lipinski definition) is 6. The molecule has 0 saturated carbocycles. The van der Waals surface area contributed by atoms with Gasteiger partial charge < -0.3 is 19.5 Å². The van der Waals surface area contributed by atoms with E-state index in [2.05, 4.69) is 28.3 Å². The highest BCUT2D eigenvalue weighted by Gasteiger charge is 2.29. The predicted octanol–water partition coefficient (Wildman–Crippen LogP) is 1.20. The Morgan fingerprint density at radius 2 is 2.23 bits per heavy atom. The van der Waals surface area contributed by atoms with Crippen molar-refractivity contribution in [1.82, 2.24) is 16.2 Å². The molecule has 0 aromatic heterocycles. The van der Waals surface area contributed by atoms with Gasteiger partial charge in [0.25, 0.3) is 0 Å².